The molecule has 1 unspecified atom stereocenters. The molecule has 0 saturated carbocycles. The van der Waals surface area contributed by atoms with Crippen LogP contribution in [0.4, 0.5) is 5.69 Å². The topological polar surface area (TPSA) is 91.1 Å². The van der Waals surface area contributed by atoms with Gasteiger partial charge in [0, 0.05) is 35.7 Å². The van der Waals surface area contributed by atoms with Crippen LogP contribution in [0.1, 0.15) is 23.2 Å². The van der Waals surface area contributed by atoms with Crippen molar-refractivity contribution in [2.45, 2.75) is 19.1 Å². The number of rotatable bonds is 5. The molecule has 2 heterocycles. The second-order valence-electron chi connectivity index (χ2n) is 7.26. The predicted octanol–water partition coefficient (Wildman–Crippen LogP) is 4.27. The van der Waals surface area contributed by atoms with Crippen LogP contribution in [0.5, 0.6) is 11.5 Å². The molecule has 30 heavy (non-hydrogen) atoms. The number of likely N-dealkylation sites (tertiary alicyclic amines) is 1. The van der Waals surface area contributed by atoms with E-state index in [9.17, 15) is 14.9 Å². The average Bonchev–Trinajstić information content (AvgIpc) is 3.30. The number of carbonyl (C=O) groups excluding carboxylic acids is 1. The summed E-state index contributed by atoms with van der Waals surface area (Å²) < 4.78 is 16.8. The summed E-state index contributed by atoms with van der Waals surface area (Å²) in [6, 6.07) is 10.8. The highest BCUT2D eigenvalue weighted by molar-refractivity contribution is 6.30. The van der Waals surface area contributed by atoms with Gasteiger partial charge in [0.15, 0.2) is 6.29 Å². The van der Waals surface area contributed by atoms with Crippen LogP contribution in [0.3, 0.4) is 0 Å². The van der Waals surface area contributed by atoms with E-state index in [1.807, 2.05) is 4.90 Å². The highest BCUT2D eigenvalue weighted by atomic mass is 35.5. The summed E-state index contributed by atoms with van der Waals surface area (Å²) in [4.78, 5) is 25.4. The lowest BCUT2D eigenvalue weighted by molar-refractivity contribution is -0.385. The van der Waals surface area contributed by atoms with Crippen molar-refractivity contribution in [1.82, 2.24) is 4.90 Å². The summed E-state index contributed by atoms with van der Waals surface area (Å²) in [6.07, 6.45) is 1.65. The predicted molar refractivity (Wildman–Crippen MR) is 109 cm³/mol. The summed E-state index contributed by atoms with van der Waals surface area (Å²) in [5.74, 6) is 0.583. The summed E-state index contributed by atoms with van der Waals surface area (Å²) in [5.41, 5.74) is 0.306. The summed E-state index contributed by atoms with van der Waals surface area (Å²) in [5, 5.41) is 11.5. The number of nitrogens with zero attached hydrogens (tertiary/aromatic N) is 2. The van der Waals surface area contributed by atoms with E-state index in [1.165, 1.54) is 18.2 Å². The Morgan fingerprint density at radius 2 is 1.90 bits per heavy atom. The van der Waals surface area contributed by atoms with Crippen molar-refractivity contribution >= 4 is 23.2 Å². The molecule has 4 rings (SSSR count). The second kappa shape index (κ2) is 8.99. The molecule has 1 amide bonds. The number of piperidine rings is 1. The number of ether oxygens (including phenoxy) is 3. The molecule has 2 aliphatic heterocycles. The first kappa shape index (κ1) is 20.6. The molecule has 2 aromatic rings. The Hall–Kier alpha value is -2.68. The quantitative estimate of drug-likeness (QED) is 0.517. The molecule has 1 atom stereocenters. The first-order valence-electron chi connectivity index (χ1n) is 9.75. The molecule has 2 aliphatic rings. The van der Waals surface area contributed by atoms with Gasteiger partial charge in [-0.05, 0) is 49.2 Å². The molecular weight excluding hydrogens is 412 g/mol. The highest BCUT2D eigenvalue weighted by Gasteiger charge is 2.33. The van der Waals surface area contributed by atoms with Crippen molar-refractivity contribution in [2.75, 3.05) is 26.3 Å². The maximum Gasteiger partial charge on any atom is 0.313 e. The van der Waals surface area contributed by atoms with Crippen LogP contribution >= 0.6 is 11.6 Å². The van der Waals surface area contributed by atoms with Crippen molar-refractivity contribution in [3.05, 3.63) is 63.2 Å². The molecule has 2 fully saturated rings. The molecule has 2 aromatic carbocycles. The van der Waals surface area contributed by atoms with Gasteiger partial charge in [0.2, 0.25) is 5.75 Å². The SMILES string of the molecule is O=C(c1ccc(Oc2ccc(Cl)cc2[N+](=O)[O-])cc1)N1CCCC(C2OCCO2)C1. The third-order valence-electron chi connectivity index (χ3n) is 5.22. The van der Waals surface area contributed by atoms with E-state index in [2.05, 4.69) is 0 Å². The van der Waals surface area contributed by atoms with E-state index in [0.29, 0.717) is 37.6 Å². The number of carbonyl (C=O) groups is 1. The molecule has 2 saturated heterocycles. The van der Waals surface area contributed by atoms with Gasteiger partial charge >= 0.3 is 5.69 Å². The number of hydrogen-bond acceptors (Lipinski definition) is 6. The van der Waals surface area contributed by atoms with E-state index in [0.717, 1.165) is 12.8 Å². The third kappa shape index (κ3) is 4.56. The Morgan fingerprint density at radius 1 is 1.17 bits per heavy atom. The number of benzene rings is 2. The Kier molecular flexibility index (Phi) is 6.17. The van der Waals surface area contributed by atoms with Gasteiger partial charge in [-0.3, -0.25) is 14.9 Å². The maximum absolute atomic E-state index is 12.9. The standard InChI is InChI=1S/C21H21ClN2O6/c22-16-5-8-19(18(12-16)24(26)27)30-17-6-3-14(4-7-17)20(25)23-9-1-2-15(13-23)21-28-10-11-29-21/h3-8,12,15,21H,1-2,9-11,13H2. The van der Waals surface area contributed by atoms with Crippen LogP contribution in [-0.4, -0.2) is 48.3 Å². The van der Waals surface area contributed by atoms with Gasteiger partial charge in [-0.25, -0.2) is 0 Å². The van der Waals surface area contributed by atoms with E-state index >= 15 is 0 Å². The molecule has 0 spiro atoms. The Morgan fingerprint density at radius 3 is 2.60 bits per heavy atom. The van der Waals surface area contributed by atoms with E-state index in [-0.39, 0.29) is 34.6 Å². The Labute approximate surface area is 178 Å². The fourth-order valence-corrected chi connectivity index (χ4v) is 3.93. The molecule has 0 radical (unpaired) electrons. The monoisotopic (exact) mass is 432 g/mol. The fourth-order valence-electron chi connectivity index (χ4n) is 3.76. The number of halogens is 1. The number of nitro groups is 1. The molecule has 8 nitrogen and oxygen atoms in total. The second-order valence-corrected chi connectivity index (χ2v) is 7.70. The maximum atomic E-state index is 12.9. The van der Waals surface area contributed by atoms with Gasteiger partial charge in [0.1, 0.15) is 5.75 Å². The van der Waals surface area contributed by atoms with Gasteiger partial charge in [-0.1, -0.05) is 11.6 Å². The Balaban J connectivity index is 1.43. The molecule has 0 aromatic heterocycles. The van der Waals surface area contributed by atoms with Crippen molar-refractivity contribution in [3.63, 3.8) is 0 Å². The molecule has 9 heteroatoms. The number of hydrogen-bond donors (Lipinski definition) is 0. The van der Waals surface area contributed by atoms with E-state index < -0.39 is 4.92 Å². The molecule has 0 aliphatic carbocycles. The third-order valence-corrected chi connectivity index (χ3v) is 5.46. The summed E-state index contributed by atoms with van der Waals surface area (Å²) >= 11 is 5.83. The Bertz CT molecular complexity index is 930. The van der Waals surface area contributed by atoms with Crippen LogP contribution in [0.15, 0.2) is 42.5 Å². The van der Waals surface area contributed by atoms with Crippen LogP contribution in [0.25, 0.3) is 0 Å². The number of nitro benzene ring substituents is 1. The molecular formula is C21H21ClN2O6. The molecule has 0 bridgehead atoms. The van der Waals surface area contributed by atoms with Crippen LogP contribution in [0, 0.1) is 16.0 Å². The van der Waals surface area contributed by atoms with Crippen LogP contribution in [-0.2, 0) is 9.47 Å². The van der Waals surface area contributed by atoms with Gasteiger partial charge in [0.05, 0.1) is 18.1 Å². The fraction of sp³-hybridized carbons (Fsp3) is 0.381. The normalized spacial score (nSPS) is 19.6. The first-order valence-corrected chi connectivity index (χ1v) is 10.1. The smallest absolute Gasteiger partial charge is 0.313 e. The van der Waals surface area contributed by atoms with E-state index in [4.69, 9.17) is 25.8 Å². The highest BCUT2D eigenvalue weighted by Crippen LogP contribution is 2.34. The zero-order valence-corrected chi connectivity index (χ0v) is 16.9. The number of amides is 1. The molecule has 0 N–H and O–H groups in total. The van der Waals surface area contributed by atoms with Crippen molar-refractivity contribution in [3.8, 4) is 11.5 Å². The van der Waals surface area contributed by atoms with Gasteiger partial charge in [0.25, 0.3) is 5.91 Å². The minimum atomic E-state index is -0.552. The lowest BCUT2D eigenvalue weighted by Gasteiger charge is -2.34. The minimum absolute atomic E-state index is 0.0679. The van der Waals surface area contributed by atoms with Gasteiger partial charge < -0.3 is 19.1 Å². The van der Waals surface area contributed by atoms with Crippen molar-refractivity contribution in [1.29, 1.82) is 0 Å². The average molecular weight is 433 g/mol. The van der Waals surface area contributed by atoms with Crippen LogP contribution < -0.4 is 4.74 Å². The lowest BCUT2D eigenvalue weighted by Crippen LogP contribution is -2.43. The lowest BCUT2D eigenvalue weighted by atomic mass is 9.96. The van der Waals surface area contributed by atoms with Crippen molar-refractivity contribution < 1.29 is 23.9 Å². The summed E-state index contributed by atoms with van der Waals surface area (Å²) in [7, 11) is 0. The van der Waals surface area contributed by atoms with Crippen molar-refractivity contribution in [2.24, 2.45) is 5.92 Å². The molecule has 158 valence electrons. The van der Waals surface area contributed by atoms with Crippen LogP contribution in [0.2, 0.25) is 5.02 Å². The van der Waals surface area contributed by atoms with Gasteiger partial charge in [-0.2, -0.15) is 0 Å². The largest absolute Gasteiger partial charge is 0.450 e. The summed E-state index contributed by atoms with van der Waals surface area (Å²) in [6.45, 7) is 2.49. The van der Waals surface area contributed by atoms with E-state index in [1.54, 1.807) is 24.3 Å². The first-order chi connectivity index (χ1) is 14.5. The zero-order valence-electron chi connectivity index (χ0n) is 16.2. The minimum Gasteiger partial charge on any atom is -0.450 e. The van der Waals surface area contributed by atoms with Gasteiger partial charge in [-0.15, -0.1) is 0 Å². The zero-order chi connectivity index (χ0) is 21.1.